The van der Waals surface area contributed by atoms with Gasteiger partial charge in [0.05, 0.1) is 4.92 Å². The molecular weight excluding hydrogens is 238 g/mol. The number of pyridine rings is 1. The highest BCUT2D eigenvalue weighted by atomic mass is 16.6. The minimum Gasteiger partial charge on any atom is -0.444 e. The quantitative estimate of drug-likeness (QED) is 0.656. The number of aromatic nitrogens is 1. The van der Waals surface area contributed by atoms with Crippen molar-refractivity contribution in [1.82, 2.24) is 10.3 Å². The fourth-order valence-electron chi connectivity index (χ4n) is 1.16. The van der Waals surface area contributed by atoms with E-state index in [1.165, 1.54) is 12.3 Å². The van der Waals surface area contributed by atoms with E-state index in [1.807, 2.05) is 0 Å². The SMILES string of the molecule is CC(C)(C)OC(=O)NCc1cncc([N+](=O)[O-])c1. The second-order valence-electron chi connectivity index (χ2n) is 4.66. The maximum Gasteiger partial charge on any atom is 0.407 e. The molecule has 0 bridgehead atoms. The molecule has 1 aromatic heterocycles. The van der Waals surface area contributed by atoms with Gasteiger partial charge in [0.1, 0.15) is 11.8 Å². The molecule has 98 valence electrons. The first-order valence-electron chi connectivity index (χ1n) is 5.33. The maximum atomic E-state index is 11.4. The second-order valence-corrected chi connectivity index (χ2v) is 4.66. The van der Waals surface area contributed by atoms with Crippen molar-refractivity contribution in [1.29, 1.82) is 0 Å². The zero-order valence-corrected chi connectivity index (χ0v) is 10.5. The monoisotopic (exact) mass is 253 g/mol. The van der Waals surface area contributed by atoms with E-state index < -0.39 is 16.6 Å². The van der Waals surface area contributed by atoms with E-state index in [1.54, 1.807) is 20.8 Å². The zero-order chi connectivity index (χ0) is 13.8. The lowest BCUT2D eigenvalue weighted by Crippen LogP contribution is -2.32. The van der Waals surface area contributed by atoms with Crippen molar-refractivity contribution >= 4 is 11.8 Å². The van der Waals surface area contributed by atoms with Gasteiger partial charge in [0.2, 0.25) is 0 Å². The number of nitro groups is 1. The van der Waals surface area contributed by atoms with E-state index >= 15 is 0 Å². The van der Waals surface area contributed by atoms with Gasteiger partial charge < -0.3 is 10.1 Å². The first kappa shape index (κ1) is 13.9. The molecule has 1 aromatic rings. The predicted molar refractivity (Wildman–Crippen MR) is 64.0 cm³/mol. The van der Waals surface area contributed by atoms with Gasteiger partial charge in [-0.3, -0.25) is 15.1 Å². The highest BCUT2D eigenvalue weighted by Gasteiger charge is 2.16. The lowest BCUT2D eigenvalue weighted by molar-refractivity contribution is -0.385. The molecule has 0 aliphatic heterocycles. The van der Waals surface area contributed by atoms with E-state index in [0.29, 0.717) is 5.56 Å². The molecule has 0 spiro atoms. The molecule has 1 heterocycles. The van der Waals surface area contributed by atoms with Gasteiger partial charge in [-0.1, -0.05) is 0 Å². The summed E-state index contributed by atoms with van der Waals surface area (Å²) in [7, 11) is 0. The largest absolute Gasteiger partial charge is 0.444 e. The summed E-state index contributed by atoms with van der Waals surface area (Å²) in [6, 6.07) is 1.35. The molecule has 0 unspecified atom stereocenters. The van der Waals surface area contributed by atoms with Crippen LogP contribution in [0, 0.1) is 10.1 Å². The van der Waals surface area contributed by atoms with Crippen molar-refractivity contribution in [3.05, 3.63) is 34.1 Å². The lowest BCUT2D eigenvalue weighted by atomic mass is 10.2. The first-order valence-corrected chi connectivity index (χ1v) is 5.33. The van der Waals surface area contributed by atoms with E-state index in [9.17, 15) is 14.9 Å². The average Bonchev–Trinajstić information content (AvgIpc) is 2.24. The normalized spacial score (nSPS) is 10.8. The van der Waals surface area contributed by atoms with Crippen molar-refractivity contribution in [3.63, 3.8) is 0 Å². The van der Waals surface area contributed by atoms with E-state index in [0.717, 1.165) is 6.20 Å². The molecule has 0 fully saturated rings. The van der Waals surface area contributed by atoms with E-state index in [4.69, 9.17) is 4.74 Å². The van der Waals surface area contributed by atoms with E-state index in [-0.39, 0.29) is 12.2 Å². The highest BCUT2D eigenvalue weighted by molar-refractivity contribution is 5.67. The van der Waals surface area contributed by atoms with Gasteiger partial charge in [-0.2, -0.15) is 0 Å². The molecule has 1 amide bonds. The summed E-state index contributed by atoms with van der Waals surface area (Å²) in [6.07, 6.45) is 2.02. The number of rotatable bonds is 3. The maximum absolute atomic E-state index is 11.4. The molecule has 7 nitrogen and oxygen atoms in total. The Morgan fingerprint density at radius 1 is 1.50 bits per heavy atom. The van der Waals surface area contributed by atoms with Crippen LogP contribution < -0.4 is 5.32 Å². The summed E-state index contributed by atoms with van der Waals surface area (Å²) in [5.41, 5.74) is -0.154. The summed E-state index contributed by atoms with van der Waals surface area (Å²) >= 11 is 0. The topological polar surface area (TPSA) is 94.4 Å². The Balaban J connectivity index is 2.56. The summed E-state index contributed by atoms with van der Waals surface area (Å²) < 4.78 is 5.03. The van der Waals surface area contributed by atoms with Crippen molar-refractivity contribution in [2.24, 2.45) is 0 Å². The van der Waals surface area contributed by atoms with Crippen LogP contribution in [0.25, 0.3) is 0 Å². The van der Waals surface area contributed by atoms with Gasteiger partial charge in [-0.05, 0) is 26.3 Å². The first-order chi connectivity index (χ1) is 8.28. The zero-order valence-electron chi connectivity index (χ0n) is 10.5. The van der Waals surface area contributed by atoms with E-state index in [2.05, 4.69) is 10.3 Å². The van der Waals surface area contributed by atoms with Gasteiger partial charge in [0, 0.05) is 18.8 Å². The number of amides is 1. The van der Waals surface area contributed by atoms with Crippen molar-refractivity contribution < 1.29 is 14.5 Å². The van der Waals surface area contributed by atoms with Crippen LogP contribution in [0.3, 0.4) is 0 Å². The highest BCUT2D eigenvalue weighted by Crippen LogP contribution is 2.11. The molecule has 18 heavy (non-hydrogen) atoms. The summed E-state index contributed by atoms with van der Waals surface area (Å²) in [6.45, 7) is 5.38. The molecular formula is C11H15N3O4. The van der Waals surface area contributed by atoms with Crippen LogP contribution in [0.1, 0.15) is 26.3 Å². The van der Waals surface area contributed by atoms with Crippen LogP contribution in [0.5, 0.6) is 0 Å². The Labute approximate surface area is 104 Å². The van der Waals surface area contributed by atoms with Crippen LogP contribution in [-0.4, -0.2) is 21.6 Å². The summed E-state index contributed by atoms with van der Waals surface area (Å²) in [5, 5.41) is 13.0. The molecule has 1 N–H and O–H groups in total. The van der Waals surface area contributed by atoms with Gasteiger partial charge in [-0.15, -0.1) is 0 Å². The van der Waals surface area contributed by atoms with Gasteiger partial charge in [0.25, 0.3) is 5.69 Å². The lowest BCUT2D eigenvalue weighted by Gasteiger charge is -2.19. The molecule has 0 aromatic carbocycles. The summed E-state index contributed by atoms with van der Waals surface area (Å²) in [5.74, 6) is 0. The smallest absolute Gasteiger partial charge is 0.407 e. The molecule has 0 saturated carbocycles. The average molecular weight is 253 g/mol. The fraction of sp³-hybridized carbons (Fsp3) is 0.455. The van der Waals surface area contributed by atoms with Crippen LogP contribution >= 0.6 is 0 Å². The number of ether oxygens (including phenoxy) is 1. The third kappa shape index (κ3) is 4.77. The Morgan fingerprint density at radius 2 is 2.17 bits per heavy atom. The van der Waals surface area contributed by atoms with Gasteiger partial charge >= 0.3 is 6.09 Å². The number of hydrogen-bond acceptors (Lipinski definition) is 5. The number of hydrogen-bond donors (Lipinski definition) is 1. The van der Waals surface area contributed by atoms with Crippen LogP contribution in [0.4, 0.5) is 10.5 Å². The fourth-order valence-corrected chi connectivity index (χ4v) is 1.16. The molecule has 0 saturated heterocycles. The molecule has 0 aliphatic rings. The van der Waals surface area contributed by atoms with Gasteiger partial charge in [0.15, 0.2) is 0 Å². The minimum absolute atomic E-state index is 0.113. The number of carbonyl (C=O) groups is 1. The second kappa shape index (κ2) is 5.44. The minimum atomic E-state index is -0.578. The van der Waals surface area contributed by atoms with Crippen molar-refractivity contribution in [3.8, 4) is 0 Å². The number of carbonyl (C=O) groups excluding carboxylic acids is 1. The molecule has 0 atom stereocenters. The number of nitrogens with zero attached hydrogens (tertiary/aromatic N) is 2. The predicted octanol–water partition coefficient (Wildman–Crippen LogP) is 2.01. The summed E-state index contributed by atoms with van der Waals surface area (Å²) in [4.78, 5) is 25.1. The Morgan fingerprint density at radius 3 is 2.72 bits per heavy atom. The van der Waals surface area contributed by atoms with Gasteiger partial charge in [-0.25, -0.2) is 4.79 Å². The molecule has 1 rings (SSSR count). The number of nitrogens with one attached hydrogen (secondary N) is 1. The molecule has 7 heteroatoms. The van der Waals surface area contributed by atoms with Crippen LogP contribution in [-0.2, 0) is 11.3 Å². The van der Waals surface area contributed by atoms with Crippen LogP contribution in [0.15, 0.2) is 18.5 Å². The standard InChI is InChI=1S/C11H15N3O4/c1-11(2,3)18-10(15)13-6-8-4-9(14(16)17)7-12-5-8/h4-5,7H,6H2,1-3H3,(H,13,15). The van der Waals surface area contributed by atoms with Crippen LogP contribution in [0.2, 0.25) is 0 Å². The Kier molecular flexibility index (Phi) is 4.19. The molecule has 0 aliphatic carbocycles. The third-order valence-electron chi connectivity index (χ3n) is 1.83. The third-order valence-corrected chi connectivity index (χ3v) is 1.83. The Bertz CT molecular complexity index is 454. The number of alkyl carbamates (subject to hydrolysis) is 1. The van der Waals surface area contributed by atoms with Crippen molar-refractivity contribution in [2.45, 2.75) is 32.9 Å². The van der Waals surface area contributed by atoms with Crippen molar-refractivity contribution in [2.75, 3.05) is 0 Å². The molecule has 0 radical (unpaired) electrons. The Hall–Kier alpha value is -2.18.